The summed E-state index contributed by atoms with van der Waals surface area (Å²) < 4.78 is 7.78. The van der Waals surface area contributed by atoms with Crippen molar-refractivity contribution in [2.24, 2.45) is 0 Å². The number of halogens is 1. The van der Waals surface area contributed by atoms with Crippen LogP contribution in [0.15, 0.2) is 27.7 Å². The highest BCUT2D eigenvalue weighted by Crippen LogP contribution is 2.40. The number of aromatic amines is 1. The number of methoxy groups -OCH3 is 1. The van der Waals surface area contributed by atoms with Crippen LogP contribution in [0.2, 0.25) is 0 Å². The van der Waals surface area contributed by atoms with Gasteiger partial charge in [0.1, 0.15) is 4.70 Å². The van der Waals surface area contributed by atoms with Crippen molar-refractivity contribution in [1.82, 2.24) is 9.97 Å². The molecule has 0 saturated carbocycles. The average molecular weight is 311 g/mol. The van der Waals surface area contributed by atoms with E-state index in [0.29, 0.717) is 4.70 Å². The number of benzene rings is 1. The molecule has 1 aromatic carbocycles. The summed E-state index contributed by atoms with van der Waals surface area (Å²) in [6, 6.07) is 3.84. The predicted molar refractivity (Wildman–Crippen MR) is 72.0 cm³/mol. The van der Waals surface area contributed by atoms with Crippen LogP contribution in [-0.4, -0.2) is 17.1 Å². The van der Waals surface area contributed by atoms with Gasteiger partial charge in [-0.1, -0.05) is 0 Å². The molecule has 0 atom stereocenters. The van der Waals surface area contributed by atoms with Gasteiger partial charge in [-0.2, -0.15) is 0 Å². The molecular weight excluding hydrogens is 304 g/mol. The minimum atomic E-state index is -0.116. The number of H-pyrrole nitrogens is 1. The molecule has 3 aromatic rings. The van der Waals surface area contributed by atoms with E-state index < -0.39 is 0 Å². The second-order valence-electron chi connectivity index (χ2n) is 3.47. The zero-order valence-electron chi connectivity index (χ0n) is 8.78. The van der Waals surface area contributed by atoms with Crippen LogP contribution in [-0.2, 0) is 0 Å². The first kappa shape index (κ1) is 10.7. The third-order valence-electron chi connectivity index (χ3n) is 2.54. The number of aromatic nitrogens is 2. The second-order valence-corrected chi connectivity index (χ2v) is 5.34. The molecule has 0 radical (unpaired) electrons. The smallest absolute Gasteiger partial charge is 0.268 e. The van der Waals surface area contributed by atoms with Gasteiger partial charge in [-0.3, -0.25) is 4.79 Å². The molecule has 2 aromatic heterocycles. The molecule has 0 spiro atoms. The fourth-order valence-electron chi connectivity index (χ4n) is 1.79. The molecule has 3 rings (SSSR count). The third-order valence-corrected chi connectivity index (χ3v) is 4.35. The fraction of sp³-hybridized carbons (Fsp3) is 0.0909. The Labute approximate surface area is 108 Å². The first-order valence-corrected chi connectivity index (χ1v) is 6.45. The summed E-state index contributed by atoms with van der Waals surface area (Å²) in [5.41, 5.74) is 0.605. The number of nitrogens with one attached hydrogen (secondary N) is 1. The highest BCUT2D eigenvalue weighted by molar-refractivity contribution is 9.10. The predicted octanol–water partition coefficient (Wildman–Crippen LogP) is 2.91. The maximum atomic E-state index is 11.7. The molecule has 0 aliphatic heterocycles. The van der Waals surface area contributed by atoms with Gasteiger partial charge in [-0.25, -0.2) is 4.98 Å². The monoisotopic (exact) mass is 310 g/mol. The molecule has 86 valence electrons. The number of hydrogen-bond donors (Lipinski definition) is 1. The summed E-state index contributed by atoms with van der Waals surface area (Å²) in [6.45, 7) is 0. The number of thiophene rings is 1. The maximum Gasteiger partial charge on any atom is 0.268 e. The Kier molecular flexibility index (Phi) is 2.41. The summed E-state index contributed by atoms with van der Waals surface area (Å²) in [4.78, 5) is 18.5. The molecule has 0 aliphatic rings. The number of fused-ring (bicyclic) bond motifs is 3. The van der Waals surface area contributed by atoms with Gasteiger partial charge in [0.2, 0.25) is 0 Å². The quantitative estimate of drug-likeness (QED) is 0.752. The Morgan fingerprint density at radius 3 is 3.00 bits per heavy atom. The molecule has 0 aliphatic carbocycles. The van der Waals surface area contributed by atoms with Gasteiger partial charge >= 0.3 is 0 Å². The number of nitrogens with zero attached hydrogens (tertiary/aromatic N) is 1. The molecule has 0 bridgehead atoms. The highest BCUT2D eigenvalue weighted by atomic mass is 79.9. The third kappa shape index (κ3) is 1.48. The van der Waals surface area contributed by atoms with E-state index >= 15 is 0 Å². The fourth-order valence-corrected chi connectivity index (χ4v) is 3.59. The van der Waals surface area contributed by atoms with Crippen molar-refractivity contribution >= 4 is 47.6 Å². The molecule has 6 heteroatoms. The van der Waals surface area contributed by atoms with E-state index in [1.54, 1.807) is 7.11 Å². The van der Waals surface area contributed by atoms with Gasteiger partial charge in [-0.05, 0) is 28.1 Å². The average Bonchev–Trinajstić information content (AvgIpc) is 2.69. The molecule has 17 heavy (non-hydrogen) atoms. The van der Waals surface area contributed by atoms with Gasteiger partial charge in [-0.15, -0.1) is 11.3 Å². The largest absolute Gasteiger partial charge is 0.494 e. The van der Waals surface area contributed by atoms with Crippen LogP contribution in [0.1, 0.15) is 0 Å². The zero-order chi connectivity index (χ0) is 12.0. The maximum absolute atomic E-state index is 11.7. The van der Waals surface area contributed by atoms with Gasteiger partial charge in [0.25, 0.3) is 5.56 Å². The summed E-state index contributed by atoms with van der Waals surface area (Å²) >= 11 is 4.82. The van der Waals surface area contributed by atoms with Crippen molar-refractivity contribution in [2.45, 2.75) is 0 Å². The van der Waals surface area contributed by atoms with Crippen molar-refractivity contribution in [3.8, 4) is 5.75 Å². The van der Waals surface area contributed by atoms with E-state index in [4.69, 9.17) is 4.74 Å². The van der Waals surface area contributed by atoms with Crippen LogP contribution < -0.4 is 10.3 Å². The summed E-state index contributed by atoms with van der Waals surface area (Å²) in [6.07, 6.45) is 1.42. The van der Waals surface area contributed by atoms with Crippen LogP contribution in [0.3, 0.4) is 0 Å². The van der Waals surface area contributed by atoms with E-state index in [2.05, 4.69) is 25.9 Å². The summed E-state index contributed by atoms with van der Waals surface area (Å²) in [7, 11) is 1.61. The lowest BCUT2D eigenvalue weighted by Crippen LogP contribution is -2.03. The van der Waals surface area contributed by atoms with Crippen molar-refractivity contribution in [3.63, 3.8) is 0 Å². The van der Waals surface area contributed by atoms with Gasteiger partial charge < -0.3 is 9.72 Å². The van der Waals surface area contributed by atoms with E-state index in [0.717, 1.165) is 25.8 Å². The Balaban J connectivity index is 2.60. The van der Waals surface area contributed by atoms with Crippen LogP contribution in [0.25, 0.3) is 20.3 Å². The lowest BCUT2D eigenvalue weighted by atomic mass is 10.2. The van der Waals surface area contributed by atoms with E-state index in [-0.39, 0.29) is 5.56 Å². The number of rotatable bonds is 1. The molecule has 2 heterocycles. The van der Waals surface area contributed by atoms with Crippen LogP contribution in [0.5, 0.6) is 5.75 Å². The minimum absolute atomic E-state index is 0.116. The van der Waals surface area contributed by atoms with Crippen molar-refractivity contribution in [1.29, 1.82) is 0 Å². The minimum Gasteiger partial charge on any atom is -0.494 e. The Morgan fingerprint density at radius 1 is 1.41 bits per heavy atom. The van der Waals surface area contributed by atoms with Gasteiger partial charge in [0.15, 0.2) is 5.75 Å². The van der Waals surface area contributed by atoms with Crippen LogP contribution >= 0.6 is 27.3 Å². The SMILES string of the molecule is COc1c(Br)ccc2c1sc1c(=O)[nH]cnc12. The molecule has 0 saturated heterocycles. The summed E-state index contributed by atoms with van der Waals surface area (Å²) in [5.74, 6) is 0.741. The first-order valence-electron chi connectivity index (χ1n) is 4.84. The van der Waals surface area contributed by atoms with Crippen molar-refractivity contribution < 1.29 is 4.74 Å². The van der Waals surface area contributed by atoms with Crippen molar-refractivity contribution in [3.05, 3.63) is 33.3 Å². The first-order chi connectivity index (χ1) is 8.22. The standard InChI is InChI=1S/C11H7BrN2O2S/c1-16-8-6(12)3-2-5-7-10(17-9(5)8)11(15)14-4-13-7/h2-4H,1H3,(H,13,14,15). The Hall–Kier alpha value is -1.40. The molecular formula is C11H7BrN2O2S. The van der Waals surface area contributed by atoms with Crippen molar-refractivity contribution in [2.75, 3.05) is 7.11 Å². The second kappa shape index (κ2) is 3.82. The van der Waals surface area contributed by atoms with E-state index in [1.807, 2.05) is 12.1 Å². The molecule has 0 unspecified atom stereocenters. The van der Waals surface area contributed by atoms with Gasteiger partial charge in [0, 0.05) is 5.39 Å². The highest BCUT2D eigenvalue weighted by Gasteiger charge is 2.14. The van der Waals surface area contributed by atoms with Crippen LogP contribution in [0, 0.1) is 0 Å². The van der Waals surface area contributed by atoms with Gasteiger partial charge in [0.05, 0.1) is 28.1 Å². The molecule has 0 amide bonds. The number of hydrogen-bond acceptors (Lipinski definition) is 4. The normalized spacial score (nSPS) is 11.2. The lowest BCUT2D eigenvalue weighted by Gasteiger charge is -2.03. The molecule has 1 N–H and O–H groups in total. The Bertz CT molecular complexity index is 778. The van der Waals surface area contributed by atoms with Crippen LogP contribution in [0.4, 0.5) is 0 Å². The van der Waals surface area contributed by atoms with E-state index in [1.165, 1.54) is 17.7 Å². The Morgan fingerprint density at radius 2 is 2.24 bits per heavy atom. The topological polar surface area (TPSA) is 55.0 Å². The molecule has 4 nitrogen and oxygen atoms in total. The zero-order valence-corrected chi connectivity index (χ0v) is 11.2. The van der Waals surface area contributed by atoms with E-state index in [9.17, 15) is 4.79 Å². The number of ether oxygens (including phenoxy) is 1. The summed E-state index contributed by atoms with van der Waals surface area (Å²) in [5, 5.41) is 0.941. The molecule has 0 fully saturated rings. The lowest BCUT2D eigenvalue weighted by molar-refractivity contribution is 0.418.